The van der Waals surface area contributed by atoms with E-state index in [1.807, 2.05) is 0 Å². The summed E-state index contributed by atoms with van der Waals surface area (Å²) in [6.45, 7) is 9.22. The number of rotatable bonds is 5. The highest BCUT2D eigenvalue weighted by Crippen LogP contribution is 2.65. The number of carboxylic acids is 1. The summed E-state index contributed by atoms with van der Waals surface area (Å²) in [4.78, 5) is 14.3. The van der Waals surface area contributed by atoms with Gasteiger partial charge in [0.1, 0.15) is 0 Å². The normalized spacial score (nSPS) is 43.6. The fourth-order valence-corrected chi connectivity index (χ4v) is 7.38. The van der Waals surface area contributed by atoms with Crippen molar-refractivity contribution in [2.24, 2.45) is 29.1 Å². The monoisotopic (exact) mass is 415 g/mol. The van der Waals surface area contributed by atoms with Crippen molar-refractivity contribution in [3.63, 3.8) is 0 Å². The summed E-state index contributed by atoms with van der Waals surface area (Å²) in [7, 11) is -0.111. The first-order valence-electron chi connectivity index (χ1n) is 12.3. The minimum absolute atomic E-state index is 0.111. The smallest absolute Gasteiger partial charge is 0.457 e. The standard InChI is InChI=1S/C24H38BNO4/c1-23(2)18-13-20(23)24(3)21(14-18)29-25(30-24)9-8-16-6-7-17(19(12-16)22(27)28)15-26-10-4-5-11-26/h15-16,18-21H,4-14H2,1-3H3,(H,27,28)/b17-15+/t16-,18+,19?,20+,21-,24+/m0/s1. The summed E-state index contributed by atoms with van der Waals surface area (Å²) >= 11 is 0. The molecule has 6 heteroatoms. The molecule has 0 aromatic heterocycles. The van der Waals surface area contributed by atoms with E-state index >= 15 is 0 Å². The first-order valence-corrected chi connectivity index (χ1v) is 12.3. The van der Waals surface area contributed by atoms with E-state index in [-0.39, 0.29) is 24.7 Å². The van der Waals surface area contributed by atoms with E-state index in [0.29, 0.717) is 17.3 Å². The second-order valence-electron chi connectivity index (χ2n) is 11.5. The molecule has 1 unspecified atom stereocenters. The van der Waals surface area contributed by atoms with Gasteiger partial charge in [0, 0.05) is 13.1 Å². The number of likely N-dealkylation sites (tertiary alicyclic amines) is 1. The van der Waals surface area contributed by atoms with E-state index in [2.05, 4.69) is 31.9 Å². The Bertz CT molecular complexity index is 718. The first-order chi connectivity index (χ1) is 14.3. The van der Waals surface area contributed by atoms with Gasteiger partial charge in [-0.3, -0.25) is 4.79 Å². The summed E-state index contributed by atoms with van der Waals surface area (Å²) < 4.78 is 12.9. The highest BCUT2D eigenvalue weighted by Gasteiger charge is 2.67. The fraction of sp³-hybridized carbons (Fsp3) is 0.875. The number of nitrogens with zero attached hydrogens (tertiary/aromatic N) is 1. The Labute approximate surface area is 181 Å². The van der Waals surface area contributed by atoms with Gasteiger partial charge in [-0.05, 0) is 93.1 Å². The average molecular weight is 415 g/mol. The van der Waals surface area contributed by atoms with E-state index in [1.165, 1.54) is 19.3 Å². The van der Waals surface area contributed by atoms with Crippen molar-refractivity contribution in [2.45, 2.75) is 90.2 Å². The molecule has 2 saturated heterocycles. The van der Waals surface area contributed by atoms with Gasteiger partial charge in [0.2, 0.25) is 0 Å². The van der Waals surface area contributed by atoms with Crippen LogP contribution in [0, 0.1) is 29.1 Å². The SMILES string of the molecule is CC1(C)[C@H]2C[C@@H]3OB(CC[C@@H]4CC/C(=C\N5CCCC5)C(C(=O)O)C4)O[C@]3(C)[C@@H]1C2. The summed E-state index contributed by atoms with van der Waals surface area (Å²) in [6.07, 6.45) is 12.0. The van der Waals surface area contributed by atoms with Crippen LogP contribution in [0.15, 0.2) is 11.8 Å². The highest BCUT2D eigenvalue weighted by molar-refractivity contribution is 6.45. The molecule has 0 amide bonds. The van der Waals surface area contributed by atoms with Gasteiger partial charge in [-0.2, -0.15) is 0 Å². The Morgan fingerprint density at radius 3 is 2.70 bits per heavy atom. The van der Waals surface area contributed by atoms with Crippen LogP contribution in [0.1, 0.15) is 72.1 Å². The molecule has 6 rings (SSSR count). The molecule has 6 fully saturated rings. The van der Waals surface area contributed by atoms with E-state index in [4.69, 9.17) is 9.31 Å². The number of aliphatic carboxylic acids is 1. The second kappa shape index (κ2) is 7.55. The zero-order valence-corrected chi connectivity index (χ0v) is 18.9. The van der Waals surface area contributed by atoms with Crippen molar-refractivity contribution >= 4 is 13.1 Å². The molecule has 2 aliphatic heterocycles. The Morgan fingerprint density at radius 2 is 2.00 bits per heavy atom. The van der Waals surface area contributed by atoms with E-state index in [9.17, 15) is 9.90 Å². The van der Waals surface area contributed by atoms with Crippen molar-refractivity contribution < 1.29 is 19.2 Å². The van der Waals surface area contributed by atoms with Crippen LogP contribution in [-0.4, -0.2) is 47.9 Å². The maximum atomic E-state index is 12.0. The van der Waals surface area contributed by atoms with Gasteiger partial charge < -0.3 is 19.3 Å². The van der Waals surface area contributed by atoms with Crippen LogP contribution < -0.4 is 0 Å². The van der Waals surface area contributed by atoms with Gasteiger partial charge in [0.15, 0.2) is 0 Å². The van der Waals surface area contributed by atoms with Gasteiger partial charge in [-0.1, -0.05) is 20.3 Å². The Balaban J connectivity index is 1.16. The van der Waals surface area contributed by atoms with Crippen molar-refractivity contribution in [3.8, 4) is 0 Å². The molecule has 0 aromatic carbocycles. The molecule has 0 radical (unpaired) electrons. The molecule has 4 saturated carbocycles. The van der Waals surface area contributed by atoms with Crippen LogP contribution in [0.25, 0.3) is 0 Å². The number of hydrogen-bond donors (Lipinski definition) is 1. The Morgan fingerprint density at radius 1 is 1.23 bits per heavy atom. The Kier molecular flexibility index (Phi) is 5.25. The second-order valence-corrected chi connectivity index (χ2v) is 11.5. The van der Waals surface area contributed by atoms with Gasteiger partial charge in [-0.25, -0.2) is 0 Å². The molecule has 2 heterocycles. The third kappa shape index (κ3) is 3.42. The van der Waals surface area contributed by atoms with Gasteiger partial charge in [-0.15, -0.1) is 0 Å². The first kappa shape index (κ1) is 20.9. The maximum Gasteiger partial charge on any atom is 0.457 e. The van der Waals surface area contributed by atoms with Gasteiger partial charge in [0.05, 0.1) is 17.6 Å². The summed E-state index contributed by atoms with van der Waals surface area (Å²) in [5.74, 6) is 0.859. The van der Waals surface area contributed by atoms with Gasteiger partial charge >= 0.3 is 13.1 Å². The van der Waals surface area contributed by atoms with Crippen LogP contribution in [0.3, 0.4) is 0 Å². The molecule has 5 nitrogen and oxygen atoms in total. The molecule has 166 valence electrons. The molecule has 2 bridgehead atoms. The van der Waals surface area contributed by atoms with Crippen molar-refractivity contribution in [3.05, 3.63) is 11.8 Å². The molecule has 6 atom stereocenters. The van der Waals surface area contributed by atoms with Crippen molar-refractivity contribution in [2.75, 3.05) is 13.1 Å². The lowest BCUT2D eigenvalue weighted by atomic mass is 9.43. The summed E-state index contributed by atoms with van der Waals surface area (Å²) in [5, 5.41) is 9.83. The molecular weight excluding hydrogens is 377 g/mol. The van der Waals surface area contributed by atoms with Gasteiger partial charge in [0.25, 0.3) is 0 Å². The van der Waals surface area contributed by atoms with Crippen LogP contribution >= 0.6 is 0 Å². The number of hydrogen-bond acceptors (Lipinski definition) is 4. The molecule has 6 aliphatic rings. The van der Waals surface area contributed by atoms with Crippen LogP contribution in [0.4, 0.5) is 0 Å². The summed E-state index contributed by atoms with van der Waals surface area (Å²) in [6, 6.07) is 0. The van der Waals surface area contributed by atoms with Crippen molar-refractivity contribution in [1.82, 2.24) is 4.90 Å². The predicted octanol–water partition coefficient (Wildman–Crippen LogP) is 4.59. The molecule has 4 aliphatic carbocycles. The largest absolute Gasteiger partial charge is 0.481 e. The predicted molar refractivity (Wildman–Crippen MR) is 117 cm³/mol. The molecule has 30 heavy (non-hydrogen) atoms. The van der Waals surface area contributed by atoms with E-state index in [0.717, 1.165) is 63.0 Å². The molecule has 1 N–H and O–H groups in total. The lowest BCUT2D eigenvalue weighted by molar-refractivity contribution is -0.199. The molecule has 0 spiro atoms. The molecule has 0 aromatic rings. The van der Waals surface area contributed by atoms with E-state index in [1.54, 1.807) is 0 Å². The lowest BCUT2D eigenvalue weighted by Crippen LogP contribution is -2.65. The quantitative estimate of drug-likeness (QED) is 0.666. The Hall–Kier alpha value is -1.01. The van der Waals surface area contributed by atoms with E-state index < -0.39 is 5.97 Å². The van der Waals surface area contributed by atoms with Crippen molar-refractivity contribution in [1.29, 1.82) is 0 Å². The minimum Gasteiger partial charge on any atom is -0.481 e. The van der Waals surface area contributed by atoms with Crippen LogP contribution in [-0.2, 0) is 14.1 Å². The third-order valence-corrected chi connectivity index (χ3v) is 9.46. The number of carbonyl (C=O) groups is 1. The molecular formula is C24H38BNO4. The topological polar surface area (TPSA) is 59.0 Å². The fourth-order valence-electron chi connectivity index (χ4n) is 7.38. The zero-order valence-electron chi connectivity index (χ0n) is 18.9. The third-order valence-electron chi connectivity index (χ3n) is 9.46. The maximum absolute atomic E-state index is 12.0. The lowest BCUT2D eigenvalue weighted by Gasteiger charge is -2.64. The average Bonchev–Trinajstić information content (AvgIpc) is 3.32. The number of carboxylic acid groups (broad SMARTS) is 1. The highest BCUT2D eigenvalue weighted by atomic mass is 16.7. The van der Waals surface area contributed by atoms with Crippen LogP contribution in [0.2, 0.25) is 6.32 Å². The summed E-state index contributed by atoms with van der Waals surface area (Å²) in [5.41, 5.74) is 1.37. The minimum atomic E-state index is -0.654. The van der Waals surface area contributed by atoms with Crippen LogP contribution in [0.5, 0.6) is 0 Å². The zero-order chi connectivity index (χ0) is 21.1.